The molecule has 0 bridgehead atoms. The van der Waals surface area contributed by atoms with E-state index in [0.717, 1.165) is 37.4 Å². The van der Waals surface area contributed by atoms with Crippen LogP contribution in [0.4, 0.5) is 0 Å². The van der Waals surface area contributed by atoms with Gasteiger partial charge < -0.3 is 26.6 Å². The molecule has 3 unspecified atom stereocenters. The fourth-order valence-corrected chi connectivity index (χ4v) is 26.6. The topological polar surface area (TPSA) is 158 Å². The molecule has 0 N–H and O–H groups in total. The van der Waals surface area contributed by atoms with Gasteiger partial charge in [-0.2, -0.15) is 0 Å². The molecule has 0 aromatic carbocycles. The van der Waals surface area contributed by atoms with Crippen molar-refractivity contribution in [1.29, 1.82) is 0 Å². The molecule has 0 aromatic heterocycles. The second-order valence-electron chi connectivity index (χ2n) is 14.8. The van der Waals surface area contributed by atoms with Gasteiger partial charge in [-0.25, -0.2) is 0 Å². The Morgan fingerprint density at radius 1 is 0.543 bits per heavy atom. The number of ether oxygens (including phenoxy) is 3. The SMILES string of the molecule is C[Si](C)(CCCC1CC(=O)OC1=O)O[SiH2]C([SiH2]O[Si](C)(C)CCCC1CC(=O)OC1=O)[SiH2]O[Si](C)(C)CCCC1CC(=O)OC1=O. The molecule has 0 spiro atoms. The van der Waals surface area contributed by atoms with E-state index in [-0.39, 0.29) is 37.0 Å². The van der Waals surface area contributed by atoms with E-state index in [1.54, 1.807) is 0 Å². The van der Waals surface area contributed by atoms with Crippen LogP contribution in [-0.4, -0.2) is 90.1 Å². The molecule has 3 rings (SSSR count). The number of rotatable bonds is 21. The van der Waals surface area contributed by atoms with Crippen molar-refractivity contribution in [3.63, 3.8) is 0 Å². The van der Waals surface area contributed by atoms with E-state index in [0.29, 0.717) is 24.1 Å². The molecule has 0 amide bonds. The predicted molar refractivity (Wildman–Crippen MR) is 185 cm³/mol. The summed E-state index contributed by atoms with van der Waals surface area (Å²) in [7, 11) is -8.76. The quantitative estimate of drug-likeness (QED) is 0.0731. The molecule has 0 radical (unpaired) electrons. The van der Waals surface area contributed by atoms with E-state index in [1.807, 2.05) is 0 Å². The first kappa shape index (κ1) is 39.0. The van der Waals surface area contributed by atoms with Crippen molar-refractivity contribution in [2.24, 2.45) is 17.8 Å². The van der Waals surface area contributed by atoms with Gasteiger partial charge in [-0.1, -0.05) is 19.3 Å². The van der Waals surface area contributed by atoms with Crippen LogP contribution in [0.15, 0.2) is 0 Å². The third-order valence-electron chi connectivity index (χ3n) is 9.01. The van der Waals surface area contributed by atoms with Crippen molar-refractivity contribution in [3.05, 3.63) is 0 Å². The Kier molecular flexibility index (Phi) is 14.7. The Morgan fingerprint density at radius 2 is 0.804 bits per heavy atom. The lowest BCUT2D eigenvalue weighted by molar-refractivity contribution is -0.155. The Morgan fingerprint density at radius 3 is 1.02 bits per heavy atom. The molecule has 3 aliphatic rings. The van der Waals surface area contributed by atoms with Gasteiger partial charge in [0, 0.05) is 0 Å². The molecule has 3 heterocycles. The molecule has 3 aliphatic heterocycles. The van der Waals surface area contributed by atoms with Crippen LogP contribution in [0.2, 0.25) is 62.2 Å². The van der Waals surface area contributed by atoms with Gasteiger partial charge in [-0.15, -0.1) is 0 Å². The number of cyclic esters (lactones) is 6. The lowest BCUT2D eigenvalue weighted by Crippen LogP contribution is -2.42. The molecule has 0 aliphatic carbocycles. The first-order valence-electron chi connectivity index (χ1n) is 16.6. The second kappa shape index (κ2) is 17.3. The van der Waals surface area contributed by atoms with Gasteiger partial charge in [-0.05, 0) is 81.5 Å². The number of carbonyl (C=O) groups excluding carboxylic acids is 6. The lowest BCUT2D eigenvalue weighted by Gasteiger charge is -2.31. The Hall–Kier alpha value is -1.40. The van der Waals surface area contributed by atoms with Crippen LogP contribution < -0.4 is 0 Å². The van der Waals surface area contributed by atoms with E-state index in [2.05, 4.69) is 39.3 Å². The van der Waals surface area contributed by atoms with E-state index in [9.17, 15) is 28.8 Å². The zero-order valence-electron chi connectivity index (χ0n) is 28.3. The van der Waals surface area contributed by atoms with Gasteiger partial charge in [0.15, 0.2) is 25.0 Å². The van der Waals surface area contributed by atoms with Crippen LogP contribution in [0.1, 0.15) is 57.8 Å². The maximum Gasteiger partial charge on any atom is 0.317 e. The van der Waals surface area contributed by atoms with Gasteiger partial charge in [0.05, 0.1) is 37.0 Å². The van der Waals surface area contributed by atoms with Crippen molar-refractivity contribution >= 4 is 90.1 Å². The highest BCUT2D eigenvalue weighted by Crippen LogP contribution is 2.28. The van der Waals surface area contributed by atoms with E-state index < -0.39 is 90.1 Å². The second-order valence-corrected chi connectivity index (χ2v) is 38.3. The first-order valence-corrected chi connectivity index (χ1v) is 30.1. The third-order valence-corrected chi connectivity index (χ3v) is 30.7. The van der Waals surface area contributed by atoms with E-state index >= 15 is 0 Å². The Balaban J connectivity index is 1.49. The molecule has 46 heavy (non-hydrogen) atoms. The summed E-state index contributed by atoms with van der Waals surface area (Å²) in [6, 6.07) is 2.73. The van der Waals surface area contributed by atoms with Crippen molar-refractivity contribution in [3.8, 4) is 0 Å². The Labute approximate surface area is 282 Å². The zero-order valence-corrected chi connectivity index (χ0v) is 35.6. The molecule has 3 saturated heterocycles. The van der Waals surface area contributed by atoms with E-state index in [1.165, 1.54) is 0 Å². The van der Waals surface area contributed by atoms with Crippen LogP contribution >= 0.6 is 0 Å². The highest BCUT2D eigenvalue weighted by atomic mass is 28.4. The summed E-state index contributed by atoms with van der Waals surface area (Å²) >= 11 is 0. The molecule has 12 nitrogen and oxygen atoms in total. The minimum atomic E-state index is -1.99. The van der Waals surface area contributed by atoms with E-state index in [4.69, 9.17) is 26.6 Å². The van der Waals surface area contributed by atoms with Crippen LogP contribution in [0.3, 0.4) is 0 Å². The minimum absolute atomic E-state index is 0.176. The largest absolute Gasteiger partial charge is 0.461 e. The maximum atomic E-state index is 11.8. The summed E-state index contributed by atoms with van der Waals surface area (Å²) in [5.74, 6) is -3.50. The van der Waals surface area contributed by atoms with Crippen LogP contribution in [0.25, 0.3) is 0 Å². The third kappa shape index (κ3) is 13.6. The molecular formula is C28H52O12Si6. The summed E-state index contributed by atoms with van der Waals surface area (Å²) in [5.41, 5.74) is 0. The smallest absolute Gasteiger partial charge is 0.317 e. The molecule has 3 fully saturated rings. The normalized spacial score (nSPS) is 24.0. The van der Waals surface area contributed by atoms with Crippen molar-refractivity contribution < 1.29 is 55.3 Å². The summed E-state index contributed by atoms with van der Waals surface area (Å²) in [5, 5.41) is 0. The fraction of sp³-hybridized carbons (Fsp3) is 0.786. The van der Waals surface area contributed by atoms with Crippen LogP contribution in [-0.2, 0) is 55.3 Å². The number of carbonyl (C=O) groups is 6. The van der Waals surface area contributed by atoms with Crippen molar-refractivity contribution in [2.45, 2.75) is 120 Å². The van der Waals surface area contributed by atoms with Crippen LogP contribution in [0.5, 0.6) is 0 Å². The standard InChI is InChI=1S/C28H52O12Si6/c1-44(2,13-7-10-19-16-22(29)35-25(19)32)38-41-28(42-39-45(3,4)14-8-11-20-17-23(30)36-26(20)33)43-40-46(5,6)15-9-12-21-18-24(31)37-27(21)34/h19-21,28H,7-18,41-43H2,1-6H3. The molecule has 18 heteroatoms. The highest BCUT2D eigenvalue weighted by molar-refractivity contribution is 6.85. The monoisotopic (exact) mass is 748 g/mol. The lowest BCUT2D eigenvalue weighted by atomic mass is 10.0. The average Bonchev–Trinajstić information content (AvgIpc) is 3.56. The summed E-state index contributed by atoms with van der Waals surface area (Å²) in [6.45, 7) is 13.3. The summed E-state index contributed by atoms with van der Waals surface area (Å²) in [6.07, 6.45) is 4.94. The molecule has 260 valence electrons. The van der Waals surface area contributed by atoms with Gasteiger partial charge in [0.2, 0.25) is 0 Å². The van der Waals surface area contributed by atoms with Crippen molar-refractivity contribution in [2.75, 3.05) is 0 Å². The Bertz CT molecular complexity index is 1010. The zero-order chi connectivity index (χ0) is 34.1. The number of hydrogen-bond acceptors (Lipinski definition) is 12. The molecule has 0 aromatic rings. The molecule has 3 atom stereocenters. The number of hydrogen-bond donors (Lipinski definition) is 0. The molecule has 0 saturated carbocycles. The highest BCUT2D eigenvalue weighted by Gasteiger charge is 2.37. The summed E-state index contributed by atoms with van der Waals surface area (Å²) in [4.78, 5) is 70.2. The minimum Gasteiger partial charge on any atom is -0.461 e. The van der Waals surface area contributed by atoms with Crippen LogP contribution in [0, 0.1) is 17.8 Å². The van der Waals surface area contributed by atoms with Gasteiger partial charge in [0.1, 0.15) is 29.3 Å². The number of esters is 6. The van der Waals surface area contributed by atoms with Crippen molar-refractivity contribution in [1.82, 2.24) is 0 Å². The van der Waals surface area contributed by atoms with Gasteiger partial charge in [0.25, 0.3) is 0 Å². The predicted octanol–water partition coefficient (Wildman–Crippen LogP) is 2.22. The van der Waals surface area contributed by atoms with Gasteiger partial charge in [-0.3, -0.25) is 28.8 Å². The maximum absolute atomic E-state index is 11.8. The fourth-order valence-electron chi connectivity index (χ4n) is 5.94. The first-order chi connectivity index (χ1) is 21.4. The summed E-state index contributed by atoms with van der Waals surface area (Å²) < 4.78 is 34.3. The average molecular weight is 749 g/mol. The van der Waals surface area contributed by atoms with Gasteiger partial charge >= 0.3 is 35.8 Å². The molecular weight excluding hydrogens is 697 g/mol.